The summed E-state index contributed by atoms with van der Waals surface area (Å²) in [5, 5.41) is 8.65. The average molecular weight is 320 g/mol. The fourth-order valence-corrected chi connectivity index (χ4v) is 4.03. The minimum Gasteiger partial charge on any atom is -0.373 e. The predicted octanol–water partition coefficient (Wildman–Crippen LogP) is 5.97. The van der Waals surface area contributed by atoms with Crippen molar-refractivity contribution in [3.8, 4) is 0 Å². The van der Waals surface area contributed by atoms with Crippen LogP contribution in [0.25, 0.3) is 0 Å². The first-order valence-electron chi connectivity index (χ1n) is 6.33. The van der Waals surface area contributed by atoms with Crippen molar-refractivity contribution >= 4 is 40.0 Å². The van der Waals surface area contributed by atoms with Crippen molar-refractivity contribution < 1.29 is 0 Å². The zero-order chi connectivity index (χ0) is 13.9. The van der Waals surface area contributed by atoms with Crippen molar-refractivity contribution in [1.29, 1.82) is 0 Å². The molecule has 0 amide bonds. The molecule has 0 saturated heterocycles. The molecule has 0 atom stereocenters. The smallest absolute Gasteiger partial charge is 0.0953 e. The van der Waals surface area contributed by atoms with Crippen molar-refractivity contribution in [3.63, 3.8) is 0 Å². The van der Waals surface area contributed by atoms with E-state index in [1.54, 1.807) is 22.7 Å². The summed E-state index contributed by atoms with van der Waals surface area (Å²) in [5.41, 5.74) is 2.29. The molecule has 0 aliphatic rings. The van der Waals surface area contributed by atoms with Gasteiger partial charge in [-0.3, -0.25) is 0 Å². The minimum atomic E-state index is 0.204. The second-order valence-corrected chi connectivity index (χ2v) is 6.96. The summed E-state index contributed by atoms with van der Waals surface area (Å²) in [7, 11) is 0. The zero-order valence-corrected chi connectivity index (χ0v) is 13.4. The molecule has 0 spiro atoms. The maximum absolute atomic E-state index is 6.03. The van der Waals surface area contributed by atoms with E-state index in [2.05, 4.69) is 47.3 Å². The van der Waals surface area contributed by atoms with Crippen LogP contribution in [0, 0.1) is 6.92 Å². The Hall–Kier alpha value is -1.29. The van der Waals surface area contributed by atoms with Crippen LogP contribution in [0.1, 0.15) is 21.4 Å². The second-order valence-electron chi connectivity index (χ2n) is 4.57. The van der Waals surface area contributed by atoms with E-state index in [0.29, 0.717) is 0 Å². The number of halogens is 1. The van der Waals surface area contributed by atoms with E-state index in [0.717, 1.165) is 16.3 Å². The maximum atomic E-state index is 6.03. The van der Waals surface area contributed by atoms with Crippen LogP contribution in [0.3, 0.4) is 0 Å². The third kappa shape index (κ3) is 2.90. The van der Waals surface area contributed by atoms with E-state index in [-0.39, 0.29) is 6.04 Å². The minimum absolute atomic E-state index is 0.204. The third-order valence-corrected chi connectivity index (χ3v) is 5.25. The molecule has 102 valence electrons. The standard InChI is InChI=1S/C16H14ClNS2/c1-11-10-12(17)6-7-13(11)18-16(14-4-2-8-19-14)15-5-3-9-20-15/h2-10,16,18H,1H3. The van der Waals surface area contributed by atoms with Gasteiger partial charge in [0.1, 0.15) is 0 Å². The lowest BCUT2D eigenvalue weighted by Crippen LogP contribution is -2.10. The fourth-order valence-electron chi connectivity index (χ4n) is 2.14. The number of aryl methyl sites for hydroxylation is 1. The maximum Gasteiger partial charge on any atom is 0.0953 e. The fraction of sp³-hybridized carbons (Fsp3) is 0.125. The van der Waals surface area contributed by atoms with Gasteiger partial charge in [-0.2, -0.15) is 0 Å². The van der Waals surface area contributed by atoms with Crippen molar-refractivity contribution in [1.82, 2.24) is 0 Å². The normalized spacial score (nSPS) is 10.9. The summed E-state index contributed by atoms with van der Waals surface area (Å²) in [6, 6.07) is 14.7. The van der Waals surface area contributed by atoms with Gasteiger partial charge in [-0.25, -0.2) is 0 Å². The van der Waals surface area contributed by atoms with Crippen LogP contribution >= 0.6 is 34.3 Å². The predicted molar refractivity (Wildman–Crippen MR) is 90.3 cm³/mol. The number of hydrogen-bond donors (Lipinski definition) is 1. The van der Waals surface area contributed by atoms with E-state index < -0.39 is 0 Å². The first kappa shape index (κ1) is 13.7. The highest BCUT2D eigenvalue weighted by Crippen LogP contribution is 2.33. The van der Waals surface area contributed by atoms with Crippen molar-refractivity contribution in [2.24, 2.45) is 0 Å². The monoisotopic (exact) mass is 319 g/mol. The first-order chi connectivity index (χ1) is 9.74. The molecule has 2 heterocycles. The zero-order valence-electron chi connectivity index (χ0n) is 11.0. The quantitative estimate of drug-likeness (QED) is 0.624. The van der Waals surface area contributed by atoms with Gasteiger partial charge in [0.15, 0.2) is 0 Å². The molecular weight excluding hydrogens is 306 g/mol. The van der Waals surface area contributed by atoms with Crippen molar-refractivity contribution in [3.05, 3.63) is 73.6 Å². The number of nitrogens with one attached hydrogen (secondary N) is 1. The Bertz CT molecular complexity index is 640. The number of thiophene rings is 2. The van der Waals surface area contributed by atoms with E-state index in [4.69, 9.17) is 11.6 Å². The summed E-state index contributed by atoms with van der Waals surface area (Å²) in [5.74, 6) is 0. The number of rotatable bonds is 4. The number of anilines is 1. The van der Waals surface area contributed by atoms with Crippen LogP contribution in [0.15, 0.2) is 53.2 Å². The van der Waals surface area contributed by atoms with Gasteiger partial charge >= 0.3 is 0 Å². The first-order valence-corrected chi connectivity index (χ1v) is 8.47. The molecule has 1 nitrogen and oxygen atoms in total. The Balaban J connectivity index is 1.95. The Morgan fingerprint density at radius 1 is 1.00 bits per heavy atom. The van der Waals surface area contributed by atoms with Crippen LogP contribution in [-0.2, 0) is 0 Å². The van der Waals surface area contributed by atoms with Crippen LogP contribution in [0.4, 0.5) is 5.69 Å². The topological polar surface area (TPSA) is 12.0 Å². The molecule has 2 aromatic heterocycles. The van der Waals surface area contributed by atoms with Gasteiger partial charge in [-0.1, -0.05) is 23.7 Å². The van der Waals surface area contributed by atoms with Gasteiger partial charge in [-0.15, -0.1) is 22.7 Å². The Labute approximate surface area is 131 Å². The Kier molecular flexibility index (Phi) is 4.10. The third-order valence-electron chi connectivity index (χ3n) is 3.14. The second kappa shape index (κ2) is 6.00. The van der Waals surface area contributed by atoms with Gasteiger partial charge < -0.3 is 5.32 Å². The molecule has 3 aromatic rings. The molecule has 3 rings (SSSR count). The van der Waals surface area contributed by atoms with E-state index in [1.165, 1.54) is 9.75 Å². The highest BCUT2D eigenvalue weighted by molar-refractivity contribution is 7.11. The average Bonchev–Trinajstić information content (AvgIpc) is 3.11. The van der Waals surface area contributed by atoms with Gasteiger partial charge in [0.05, 0.1) is 6.04 Å². The van der Waals surface area contributed by atoms with Crippen LogP contribution in [0.2, 0.25) is 5.02 Å². The Morgan fingerprint density at radius 3 is 2.15 bits per heavy atom. The molecule has 0 bridgehead atoms. The number of benzene rings is 1. The van der Waals surface area contributed by atoms with Gasteiger partial charge in [0, 0.05) is 20.5 Å². The molecule has 4 heteroatoms. The van der Waals surface area contributed by atoms with Crippen LogP contribution < -0.4 is 5.32 Å². The molecule has 0 radical (unpaired) electrons. The van der Waals surface area contributed by atoms with Gasteiger partial charge in [0.2, 0.25) is 0 Å². The van der Waals surface area contributed by atoms with Crippen LogP contribution in [0.5, 0.6) is 0 Å². The molecule has 0 unspecified atom stereocenters. The van der Waals surface area contributed by atoms with Crippen molar-refractivity contribution in [2.45, 2.75) is 13.0 Å². The summed E-state index contributed by atoms with van der Waals surface area (Å²) < 4.78 is 0. The number of hydrogen-bond acceptors (Lipinski definition) is 3. The molecule has 1 N–H and O–H groups in total. The highest BCUT2D eigenvalue weighted by atomic mass is 35.5. The van der Waals surface area contributed by atoms with E-state index in [1.807, 2.05) is 18.2 Å². The molecule has 0 aliphatic carbocycles. The van der Waals surface area contributed by atoms with E-state index in [9.17, 15) is 0 Å². The SMILES string of the molecule is Cc1cc(Cl)ccc1NC(c1cccs1)c1cccs1. The molecule has 0 fully saturated rings. The van der Waals surface area contributed by atoms with Crippen LogP contribution in [-0.4, -0.2) is 0 Å². The van der Waals surface area contributed by atoms with Crippen molar-refractivity contribution in [2.75, 3.05) is 5.32 Å². The summed E-state index contributed by atoms with van der Waals surface area (Å²) in [6.07, 6.45) is 0. The summed E-state index contributed by atoms with van der Waals surface area (Å²) in [6.45, 7) is 2.08. The van der Waals surface area contributed by atoms with Gasteiger partial charge in [-0.05, 0) is 53.6 Å². The lowest BCUT2D eigenvalue weighted by atomic mass is 10.1. The van der Waals surface area contributed by atoms with E-state index >= 15 is 0 Å². The lowest BCUT2D eigenvalue weighted by Gasteiger charge is -2.19. The molecular formula is C16H14ClNS2. The largest absolute Gasteiger partial charge is 0.373 e. The summed E-state index contributed by atoms with van der Waals surface area (Å²) >= 11 is 9.58. The summed E-state index contributed by atoms with van der Waals surface area (Å²) in [4.78, 5) is 2.64. The molecule has 0 saturated carbocycles. The highest BCUT2D eigenvalue weighted by Gasteiger charge is 2.16. The molecule has 20 heavy (non-hydrogen) atoms. The molecule has 0 aliphatic heterocycles. The lowest BCUT2D eigenvalue weighted by molar-refractivity contribution is 0.989. The Morgan fingerprint density at radius 2 is 1.65 bits per heavy atom. The van der Waals surface area contributed by atoms with Gasteiger partial charge in [0.25, 0.3) is 0 Å². The molecule has 1 aromatic carbocycles.